The van der Waals surface area contributed by atoms with Crippen LogP contribution in [0.4, 0.5) is 0 Å². The Kier molecular flexibility index (Phi) is 21.1. The maximum absolute atomic E-state index is 12.5. The van der Waals surface area contributed by atoms with Crippen LogP contribution < -0.4 is 47.4 Å². The minimum Gasteiger partial charge on any atom is -0.508 e. The Labute approximate surface area is 497 Å². The number of hydrogen-bond acceptors (Lipinski definition) is 16. The van der Waals surface area contributed by atoms with Crippen molar-refractivity contribution in [3.05, 3.63) is 187 Å². The van der Waals surface area contributed by atoms with E-state index in [4.69, 9.17) is 104 Å². The first-order valence-corrected chi connectivity index (χ1v) is 26.2. The summed E-state index contributed by atoms with van der Waals surface area (Å²) >= 11 is 24.4. The van der Waals surface area contributed by atoms with E-state index >= 15 is 0 Å². The third kappa shape index (κ3) is 15.4. The number of carboxylic acids is 1. The summed E-state index contributed by atoms with van der Waals surface area (Å²) in [5, 5.41) is 38.9. The molecule has 10 rings (SSSR count). The number of aliphatic carboxylic acids is 1. The van der Waals surface area contributed by atoms with Crippen LogP contribution in [0, 0.1) is 11.3 Å². The number of carbonyl (C=O) groups excluding carboxylic acids is 2. The van der Waals surface area contributed by atoms with E-state index in [-0.39, 0.29) is 60.1 Å². The lowest BCUT2D eigenvalue weighted by molar-refractivity contribution is -0.136. The number of fused-ring (bicyclic) bond motifs is 4. The van der Waals surface area contributed by atoms with Gasteiger partial charge in [0.15, 0.2) is 11.6 Å². The number of Topliss-reactive ketones (excluding diaryl/α,β-unsaturated/α-hetero) is 2. The van der Waals surface area contributed by atoms with Crippen LogP contribution in [0.5, 0.6) is 92.0 Å². The number of methoxy groups -OCH3 is 6. The van der Waals surface area contributed by atoms with Crippen molar-refractivity contribution in [3.8, 4) is 98.1 Å². The number of aromatic hydroxyl groups is 2. The minimum absolute atomic E-state index is 0.0420. The largest absolute Gasteiger partial charge is 0.508 e. The van der Waals surface area contributed by atoms with Gasteiger partial charge in [-0.3, -0.25) is 14.4 Å². The second-order valence-electron chi connectivity index (χ2n) is 17.5. The van der Waals surface area contributed by atoms with Gasteiger partial charge in [-0.1, -0.05) is 70.7 Å². The maximum atomic E-state index is 12.5. The number of carboxylic acid groups (broad SMARTS) is 1. The molecule has 8 aromatic carbocycles. The van der Waals surface area contributed by atoms with Crippen molar-refractivity contribution in [2.75, 3.05) is 42.7 Å². The molecule has 0 saturated heterocycles. The highest BCUT2D eigenvalue weighted by molar-refractivity contribution is 6.33. The van der Waals surface area contributed by atoms with Crippen LogP contribution in [0.2, 0.25) is 20.1 Å². The Morgan fingerprint density at radius 1 is 0.494 bits per heavy atom. The number of halogens is 4. The Hall–Kier alpha value is -9.18. The lowest BCUT2D eigenvalue weighted by atomic mass is 10.0. The van der Waals surface area contributed by atoms with E-state index in [1.807, 2.05) is 0 Å². The molecule has 0 fully saturated rings. The monoisotopic (exact) mass is 1210 g/mol. The maximum Gasteiger partial charge on any atom is 0.308 e. The summed E-state index contributed by atoms with van der Waals surface area (Å²) in [6.45, 7) is 0. The van der Waals surface area contributed by atoms with Crippen LogP contribution in [0.3, 0.4) is 0 Å². The highest BCUT2D eigenvalue weighted by Gasteiger charge is 2.29. The topological polar surface area (TPSA) is 228 Å². The molecule has 0 atom stereocenters. The Balaban J connectivity index is 0.000000159. The summed E-state index contributed by atoms with van der Waals surface area (Å²) in [7, 11) is 9.26. The molecule has 2 aliphatic rings. The quantitative estimate of drug-likeness (QED) is 0.0975. The fourth-order valence-electron chi connectivity index (χ4n) is 8.27. The molecular weight excluding hydrogens is 1160 g/mol. The molecule has 0 unspecified atom stereocenters. The fraction of sp³-hybridized carbons (Fsp3) is 0.161. The highest BCUT2D eigenvalue weighted by Crippen LogP contribution is 2.45. The van der Waals surface area contributed by atoms with E-state index < -0.39 is 5.97 Å². The number of nitriles is 1. The van der Waals surface area contributed by atoms with Crippen LogP contribution in [0.1, 0.15) is 43.0 Å². The second kappa shape index (κ2) is 28.5. The van der Waals surface area contributed by atoms with Gasteiger partial charge in [0, 0.05) is 116 Å². The number of rotatable bonds is 13. The van der Waals surface area contributed by atoms with Crippen molar-refractivity contribution in [2.24, 2.45) is 0 Å². The number of phenolic OH excluding ortho intramolecular Hbond substituents is 2. The molecule has 21 heteroatoms. The molecule has 0 amide bonds. The predicted molar refractivity (Wildman–Crippen MR) is 311 cm³/mol. The first-order valence-electron chi connectivity index (χ1n) is 24.6. The fourth-order valence-corrected chi connectivity index (χ4v) is 9.20. The molecule has 2 heterocycles. The summed E-state index contributed by atoms with van der Waals surface area (Å²) in [6.07, 6.45) is 0.164. The van der Waals surface area contributed by atoms with Crippen molar-refractivity contribution < 1.29 is 77.1 Å². The van der Waals surface area contributed by atoms with E-state index in [1.54, 1.807) is 143 Å². The van der Waals surface area contributed by atoms with Gasteiger partial charge in [-0.15, -0.1) is 0 Å². The normalized spacial score (nSPS) is 11.4. The van der Waals surface area contributed by atoms with Crippen molar-refractivity contribution in [3.63, 3.8) is 0 Å². The molecule has 0 spiro atoms. The number of nitrogens with zero attached hydrogens (tertiary/aromatic N) is 1. The summed E-state index contributed by atoms with van der Waals surface area (Å²) < 4.78 is 54.3. The van der Waals surface area contributed by atoms with Gasteiger partial charge in [-0.25, -0.2) is 0 Å². The van der Waals surface area contributed by atoms with Crippen LogP contribution >= 0.6 is 46.4 Å². The van der Waals surface area contributed by atoms with Gasteiger partial charge in [0.25, 0.3) is 0 Å². The molecule has 83 heavy (non-hydrogen) atoms. The molecule has 428 valence electrons. The molecule has 17 nitrogen and oxygen atoms in total. The third-order valence-electron chi connectivity index (χ3n) is 12.2. The van der Waals surface area contributed by atoms with E-state index in [9.17, 15) is 24.6 Å². The number of carbonyl (C=O) groups is 3. The van der Waals surface area contributed by atoms with Crippen LogP contribution in [-0.2, 0) is 30.5 Å². The molecule has 0 aromatic heterocycles. The standard InChI is InChI=1S/C16H14ClNO3.C16H15ClO5.C16H13ClO4.C14H9ClO4/c1-19-11-8-12(20-2)10-13(9-11)21-16-5-3-4-15(17)14(16)6-7-18;1-20-10-6-11(21-2)8-12(7-10)22-15-5-3-4-14(17)13(15)9-16(18)19;1-19-9-6-14(20-2)16-12(18)8-10-11(17)4-3-5-13(10)21-15(16)7-9;15-9-2-1-3-12-8(9)6-11(18)14-10(17)4-7(16)5-13(14)19-12/h3-5,8-10H,6H2,1-2H3;3-8H,9H2,1-2H3,(H,18,19);3-7H,8H2,1-2H3;1-5,16-17H,6H2. The van der Waals surface area contributed by atoms with Crippen molar-refractivity contribution in [2.45, 2.75) is 25.7 Å². The van der Waals surface area contributed by atoms with Gasteiger partial charge in [0.2, 0.25) is 0 Å². The Morgan fingerprint density at radius 3 is 1.36 bits per heavy atom. The lowest BCUT2D eigenvalue weighted by Crippen LogP contribution is -2.05. The SMILES string of the molecule is COc1cc(OC)c2c(c1)Oc1cccc(Cl)c1CC2=O.COc1cc(OC)cc(Oc2cccc(Cl)c2CC#N)c1.COc1cc(OC)cc(Oc2cccc(Cl)c2CC(=O)O)c1.O=C1Cc2c(Cl)cccc2Oc2cc(O)cc(O)c21. The number of benzene rings is 8. The van der Waals surface area contributed by atoms with Crippen molar-refractivity contribution in [1.82, 2.24) is 0 Å². The highest BCUT2D eigenvalue weighted by atomic mass is 35.5. The molecule has 8 aromatic rings. The molecule has 2 aliphatic heterocycles. The summed E-state index contributed by atoms with van der Waals surface area (Å²) in [6, 6.07) is 38.7. The molecular formula is C62H51Cl4NO16. The Bertz CT molecular complexity index is 3710. The van der Waals surface area contributed by atoms with Gasteiger partial charge in [-0.05, 0) is 48.5 Å². The summed E-state index contributed by atoms with van der Waals surface area (Å²) in [5.41, 5.74) is 2.79. The molecule has 0 bridgehead atoms. The van der Waals surface area contributed by atoms with E-state index in [0.717, 1.165) is 6.07 Å². The number of ether oxygens (including phenoxy) is 10. The van der Waals surface area contributed by atoms with Gasteiger partial charge >= 0.3 is 5.97 Å². The minimum atomic E-state index is -0.985. The summed E-state index contributed by atoms with van der Waals surface area (Å²) in [4.78, 5) is 35.7. The zero-order valence-electron chi connectivity index (χ0n) is 45.1. The molecule has 0 aliphatic carbocycles. The zero-order valence-corrected chi connectivity index (χ0v) is 48.2. The average molecular weight is 1210 g/mol. The van der Waals surface area contributed by atoms with Crippen molar-refractivity contribution >= 4 is 63.9 Å². The molecule has 0 saturated carbocycles. The first kappa shape index (κ1) is 61.4. The Morgan fingerprint density at radius 2 is 0.904 bits per heavy atom. The summed E-state index contributed by atoms with van der Waals surface area (Å²) in [5.74, 6) is 4.99. The van der Waals surface area contributed by atoms with E-state index in [2.05, 4.69) is 6.07 Å². The molecule has 3 N–H and O–H groups in total. The third-order valence-corrected chi connectivity index (χ3v) is 13.6. The number of ketones is 2. The van der Waals surface area contributed by atoms with E-state index in [1.165, 1.54) is 27.4 Å². The van der Waals surface area contributed by atoms with Crippen LogP contribution in [-0.4, -0.2) is 75.5 Å². The zero-order chi connectivity index (χ0) is 59.9. The van der Waals surface area contributed by atoms with Gasteiger partial charge in [0.05, 0.1) is 61.6 Å². The lowest BCUT2D eigenvalue weighted by Gasteiger charge is -2.13. The predicted octanol–water partition coefficient (Wildman–Crippen LogP) is 15.2. The average Bonchev–Trinajstić information content (AvgIpc) is 3.65. The second-order valence-corrected chi connectivity index (χ2v) is 19.1. The van der Waals surface area contributed by atoms with Gasteiger partial charge < -0.3 is 62.7 Å². The number of phenols is 2. The van der Waals surface area contributed by atoms with Gasteiger partial charge in [0.1, 0.15) is 103 Å². The number of hydrogen-bond donors (Lipinski definition) is 3. The molecule has 0 radical (unpaired) electrons. The van der Waals surface area contributed by atoms with Crippen LogP contribution in [0.25, 0.3) is 0 Å². The van der Waals surface area contributed by atoms with Crippen LogP contribution in [0.15, 0.2) is 133 Å². The van der Waals surface area contributed by atoms with E-state index in [0.29, 0.717) is 123 Å². The van der Waals surface area contributed by atoms with Crippen molar-refractivity contribution in [1.29, 1.82) is 5.26 Å². The van der Waals surface area contributed by atoms with Gasteiger partial charge in [-0.2, -0.15) is 5.26 Å². The first-order chi connectivity index (χ1) is 39.9. The smallest absolute Gasteiger partial charge is 0.308 e.